The second-order valence-electron chi connectivity index (χ2n) is 4.82. The van der Waals surface area contributed by atoms with E-state index in [2.05, 4.69) is 19.2 Å². The minimum Gasteiger partial charge on any atom is -0.384 e. The molecule has 88 valence electrons. The zero-order chi connectivity index (χ0) is 11.6. The van der Waals surface area contributed by atoms with Crippen LogP contribution in [0.4, 0.5) is 10.1 Å². The second-order valence-corrected chi connectivity index (χ2v) is 4.82. The predicted molar refractivity (Wildman–Crippen MR) is 66.4 cm³/mol. The van der Waals surface area contributed by atoms with E-state index in [4.69, 9.17) is 0 Å². The van der Waals surface area contributed by atoms with Crippen LogP contribution in [0, 0.1) is 5.82 Å². The zero-order valence-electron chi connectivity index (χ0n) is 10.1. The predicted octanol–water partition coefficient (Wildman–Crippen LogP) is 4.09. The maximum absolute atomic E-state index is 13.4. The van der Waals surface area contributed by atoms with Crippen LogP contribution in [0.5, 0.6) is 0 Å². The number of benzene rings is 1. The molecule has 0 unspecified atom stereocenters. The van der Waals surface area contributed by atoms with Crippen LogP contribution < -0.4 is 5.32 Å². The lowest BCUT2D eigenvalue weighted by molar-refractivity contribution is 0.389. The molecule has 0 aliphatic carbocycles. The van der Waals surface area contributed by atoms with Gasteiger partial charge in [0.25, 0.3) is 0 Å². The Bertz CT molecular complexity index is 361. The Morgan fingerprint density at radius 1 is 1.25 bits per heavy atom. The van der Waals surface area contributed by atoms with E-state index in [1.54, 1.807) is 12.1 Å². The van der Waals surface area contributed by atoms with Crippen LogP contribution in [0.2, 0.25) is 0 Å². The molecule has 0 saturated heterocycles. The van der Waals surface area contributed by atoms with E-state index in [-0.39, 0.29) is 11.2 Å². The molecule has 2 heteroatoms. The van der Waals surface area contributed by atoms with Crippen LogP contribution in [-0.2, 0) is 5.41 Å². The van der Waals surface area contributed by atoms with Gasteiger partial charge in [-0.3, -0.25) is 0 Å². The van der Waals surface area contributed by atoms with Gasteiger partial charge in [-0.05, 0) is 36.6 Å². The molecule has 0 aromatic heterocycles. The number of hydrogen-bond acceptors (Lipinski definition) is 1. The summed E-state index contributed by atoms with van der Waals surface area (Å²) in [7, 11) is 0. The summed E-state index contributed by atoms with van der Waals surface area (Å²) in [4.78, 5) is 0. The molecular weight excluding hydrogens is 201 g/mol. The summed E-state index contributed by atoms with van der Waals surface area (Å²) in [6, 6.07) is 5.14. The number of halogens is 1. The first-order valence-electron chi connectivity index (χ1n) is 6.26. The van der Waals surface area contributed by atoms with Crippen LogP contribution in [0.3, 0.4) is 0 Å². The Morgan fingerprint density at radius 2 is 1.94 bits per heavy atom. The first kappa shape index (κ1) is 11.4. The number of anilines is 1. The van der Waals surface area contributed by atoms with Crippen molar-refractivity contribution < 1.29 is 4.39 Å². The number of fused-ring (bicyclic) bond motifs is 1. The van der Waals surface area contributed by atoms with Crippen molar-refractivity contribution in [3.05, 3.63) is 29.6 Å². The highest BCUT2D eigenvalue weighted by atomic mass is 19.1. The van der Waals surface area contributed by atoms with Gasteiger partial charge in [0.15, 0.2) is 0 Å². The molecule has 1 aliphatic rings. The first-order chi connectivity index (χ1) is 7.72. The van der Waals surface area contributed by atoms with Gasteiger partial charge in [-0.2, -0.15) is 0 Å². The highest BCUT2D eigenvalue weighted by Gasteiger charge is 2.37. The molecule has 0 atom stereocenters. The summed E-state index contributed by atoms with van der Waals surface area (Å²) in [5.41, 5.74) is 2.49. The molecule has 1 aromatic carbocycles. The third-order valence-electron chi connectivity index (χ3n) is 3.63. The van der Waals surface area contributed by atoms with Crippen LogP contribution in [-0.4, -0.2) is 6.54 Å². The van der Waals surface area contributed by atoms with Gasteiger partial charge in [-0.1, -0.05) is 26.7 Å². The Balaban J connectivity index is 2.40. The third kappa shape index (κ3) is 1.81. The summed E-state index contributed by atoms with van der Waals surface area (Å²) in [6.07, 6.45) is 4.59. The lowest BCUT2D eigenvalue weighted by atomic mass is 9.75. The Labute approximate surface area is 97.1 Å². The largest absolute Gasteiger partial charge is 0.384 e. The van der Waals surface area contributed by atoms with Gasteiger partial charge in [0.2, 0.25) is 0 Å². The van der Waals surface area contributed by atoms with Crippen LogP contribution in [0.25, 0.3) is 0 Å². The second kappa shape index (κ2) is 4.44. The molecule has 1 aromatic rings. The van der Waals surface area contributed by atoms with Gasteiger partial charge in [-0.15, -0.1) is 0 Å². The van der Waals surface area contributed by atoms with Crippen LogP contribution in [0.1, 0.15) is 45.1 Å². The van der Waals surface area contributed by atoms with E-state index in [9.17, 15) is 4.39 Å². The van der Waals surface area contributed by atoms with Gasteiger partial charge in [-0.25, -0.2) is 4.39 Å². The summed E-state index contributed by atoms with van der Waals surface area (Å²) in [6.45, 7) is 5.37. The van der Waals surface area contributed by atoms with Gasteiger partial charge in [0.1, 0.15) is 5.82 Å². The van der Waals surface area contributed by atoms with E-state index in [0.717, 1.165) is 37.9 Å². The van der Waals surface area contributed by atoms with E-state index >= 15 is 0 Å². The number of nitrogens with one attached hydrogen (secondary N) is 1. The lowest BCUT2D eigenvalue weighted by Crippen LogP contribution is -2.28. The van der Waals surface area contributed by atoms with Gasteiger partial charge >= 0.3 is 0 Å². The fourth-order valence-corrected chi connectivity index (χ4v) is 3.00. The van der Waals surface area contributed by atoms with E-state index in [1.807, 2.05) is 6.07 Å². The molecule has 0 fully saturated rings. The first-order valence-corrected chi connectivity index (χ1v) is 6.26. The van der Waals surface area contributed by atoms with E-state index in [0.29, 0.717) is 0 Å². The van der Waals surface area contributed by atoms with Gasteiger partial charge in [0.05, 0.1) is 0 Å². The molecule has 0 bridgehead atoms. The Hall–Kier alpha value is -1.05. The highest BCUT2D eigenvalue weighted by Crippen LogP contribution is 2.43. The smallest absolute Gasteiger partial charge is 0.123 e. The Kier molecular flexibility index (Phi) is 3.17. The zero-order valence-corrected chi connectivity index (χ0v) is 10.1. The quantitative estimate of drug-likeness (QED) is 0.807. The van der Waals surface area contributed by atoms with E-state index in [1.165, 1.54) is 5.56 Å². The van der Waals surface area contributed by atoms with Crippen molar-refractivity contribution in [2.75, 3.05) is 11.9 Å². The summed E-state index contributed by atoms with van der Waals surface area (Å²) in [5, 5.41) is 3.42. The van der Waals surface area contributed by atoms with Crippen molar-refractivity contribution in [2.45, 2.75) is 44.9 Å². The molecule has 16 heavy (non-hydrogen) atoms. The van der Waals surface area contributed by atoms with Crippen molar-refractivity contribution in [1.29, 1.82) is 0 Å². The molecular formula is C14H20FN. The fourth-order valence-electron chi connectivity index (χ4n) is 3.00. The van der Waals surface area contributed by atoms with Crippen molar-refractivity contribution in [1.82, 2.24) is 0 Å². The van der Waals surface area contributed by atoms with Crippen molar-refractivity contribution in [3.63, 3.8) is 0 Å². The molecule has 1 nitrogen and oxygen atoms in total. The molecule has 0 saturated carbocycles. The summed E-state index contributed by atoms with van der Waals surface area (Å²) in [5.74, 6) is -0.112. The summed E-state index contributed by atoms with van der Waals surface area (Å²) < 4.78 is 13.4. The van der Waals surface area contributed by atoms with Crippen molar-refractivity contribution >= 4 is 5.69 Å². The number of rotatable bonds is 4. The SMILES string of the molecule is CCCC1(CCC)CNc2ccc(F)cc21. The molecule has 0 radical (unpaired) electrons. The summed E-state index contributed by atoms with van der Waals surface area (Å²) >= 11 is 0. The molecule has 0 amide bonds. The fraction of sp³-hybridized carbons (Fsp3) is 0.571. The Morgan fingerprint density at radius 3 is 2.56 bits per heavy atom. The molecule has 1 heterocycles. The molecule has 2 rings (SSSR count). The van der Waals surface area contributed by atoms with Crippen LogP contribution in [0.15, 0.2) is 18.2 Å². The lowest BCUT2D eigenvalue weighted by Gasteiger charge is -2.28. The third-order valence-corrected chi connectivity index (χ3v) is 3.63. The highest BCUT2D eigenvalue weighted by molar-refractivity contribution is 5.60. The molecule has 1 N–H and O–H groups in total. The minimum atomic E-state index is -0.112. The monoisotopic (exact) mass is 221 g/mol. The maximum atomic E-state index is 13.4. The minimum absolute atomic E-state index is 0.112. The average molecular weight is 221 g/mol. The van der Waals surface area contributed by atoms with Gasteiger partial charge < -0.3 is 5.32 Å². The maximum Gasteiger partial charge on any atom is 0.123 e. The van der Waals surface area contributed by atoms with Crippen molar-refractivity contribution in [2.24, 2.45) is 0 Å². The number of hydrogen-bond donors (Lipinski definition) is 1. The molecule has 0 spiro atoms. The normalized spacial score (nSPS) is 16.9. The van der Waals surface area contributed by atoms with E-state index < -0.39 is 0 Å². The average Bonchev–Trinajstić information content (AvgIpc) is 2.59. The topological polar surface area (TPSA) is 12.0 Å². The van der Waals surface area contributed by atoms with Gasteiger partial charge in [0, 0.05) is 17.6 Å². The van der Waals surface area contributed by atoms with Crippen LogP contribution >= 0.6 is 0 Å². The molecule has 1 aliphatic heterocycles. The van der Waals surface area contributed by atoms with Crippen molar-refractivity contribution in [3.8, 4) is 0 Å². The standard InChI is InChI=1S/C14H20FN/c1-3-7-14(8-4-2)10-16-13-6-5-11(15)9-12(13)14/h5-6,9,16H,3-4,7-8,10H2,1-2H3.